The second-order valence-corrected chi connectivity index (χ2v) is 6.95. The van der Waals surface area contributed by atoms with Gasteiger partial charge in [-0.25, -0.2) is 4.98 Å². The van der Waals surface area contributed by atoms with Crippen LogP contribution < -0.4 is 4.90 Å². The molecule has 2 heterocycles. The van der Waals surface area contributed by atoms with E-state index in [4.69, 9.17) is 4.98 Å². The summed E-state index contributed by atoms with van der Waals surface area (Å²) in [5.41, 5.74) is 1.06. The molecule has 5 heteroatoms. The fourth-order valence-corrected chi connectivity index (χ4v) is 3.70. The molecule has 1 aliphatic heterocycles. The third-order valence-electron chi connectivity index (χ3n) is 4.04. The molecule has 19 heavy (non-hydrogen) atoms. The fourth-order valence-electron chi connectivity index (χ4n) is 2.61. The average Bonchev–Trinajstić information content (AvgIpc) is 2.79. The number of hydrogen-bond acceptors (Lipinski definition) is 5. The predicted molar refractivity (Wildman–Crippen MR) is 81.0 cm³/mol. The molecule has 1 aliphatic rings. The number of anilines is 1. The highest BCUT2D eigenvalue weighted by molar-refractivity contribution is 7.15. The van der Waals surface area contributed by atoms with E-state index in [1.807, 2.05) is 0 Å². The molecule has 0 aliphatic carbocycles. The molecule has 0 spiro atoms. The Morgan fingerprint density at radius 3 is 2.32 bits per heavy atom. The van der Waals surface area contributed by atoms with Crippen molar-refractivity contribution in [2.75, 3.05) is 25.0 Å². The number of piperazine rings is 1. The van der Waals surface area contributed by atoms with Crippen LogP contribution in [-0.2, 0) is 6.61 Å². The Morgan fingerprint density at radius 2 is 1.89 bits per heavy atom. The molecule has 108 valence electrons. The highest BCUT2D eigenvalue weighted by atomic mass is 32.1. The summed E-state index contributed by atoms with van der Waals surface area (Å²) < 4.78 is 0. The van der Waals surface area contributed by atoms with Crippen molar-refractivity contribution in [2.45, 2.75) is 52.3 Å². The van der Waals surface area contributed by atoms with Crippen LogP contribution in [0.5, 0.6) is 0 Å². The summed E-state index contributed by atoms with van der Waals surface area (Å²) in [4.78, 5) is 10.6. The molecule has 0 amide bonds. The highest BCUT2D eigenvalue weighted by Crippen LogP contribution is 2.32. The van der Waals surface area contributed by atoms with Crippen LogP contribution >= 0.6 is 11.3 Å². The Kier molecular flexibility index (Phi) is 4.48. The maximum atomic E-state index is 9.47. The normalized spacial score (nSPS) is 25.3. The number of thiazole rings is 1. The van der Waals surface area contributed by atoms with E-state index in [1.54, 1.807) is 11.3 Å². The van der Waals surface area contributed by atoms with Crippen LogP contribution in [0.2, 0.25) is 0 Å². The monoisotopic (exact) mass is 283 g/mol. The number of aromatic nitrogens is 1. The van der Waals surface area contributed by atoms with Crippen molar-refractivity contribution >= 4 is 16.5 Å². The van der Waals surface area contributed by atoms with Crippen LogP contribution in [0.15, 0.2) is 0 Å². The molecule has 0 saturated carbocycles. The van der Waals surface area contributed by atoms with Gasteiger partial charge < -0.3 is 10.0 Å². The van der Waals surface area contributed by atoms with Crippen LogP contribution in [-0.4, -0.2) is 47.2 Å². The van der Waals surface area contributed by atoms with Gasteiger partial charge in [0.25, 0.3) is 0 Å². The first-order chi connectivity index (χ1) is 8.93. The maximum absolute atomic E-state index is 9.47. The quantitative estimate of drug-likeness (QED) is 0.924. The van der Waals surface area contributed by atoms with Gasteiger partial charge in [-0.2, -0.15) is 0 Å². The number of likely N-dealkylation sites (N-methyl/N-ethyl adjacent to an activating group) is 1. The lowest BCUT2D eigenvalue weighted by Gasteiger charge is -2.42. The van der Waals surface area contributed by atoms with E-state index < -0.39 is 0 Å². The SMILES string of the molecule is CC(C)c1nc(N2CC(C)N(C)C(C)C2)sc1CO. The Balaban J connectivity index is 2.22. The second-order valence-electron chi connectivity index (χ2n) is 5.89. The first kappa shape index (κ1) is 14.8. The van der Waals surface area contributed by atoms with Crippen molar-refractivity contribution in [3.8, 4) is 0 Å². The smallest absolute Gasteiger partial charge is 0.185 e. The second kappa shape index (κ2) is 5.77. The summed E-state index contributed by atoms with van der Waals surface area (Å²) in [7, 11) is 2.19. The van der Waals surface area contributed by atoms with E-state index in [2.05, 4.69) is 44.5 Å². The van der Waals surface area contributed by atoms with E-state index in [1.165, 1.54) is 0 Å². The minimum absolute atomic E-state index is 0.101. The average molecular weight is 283 g/mol. The Bertz CT molecular complexity index is 420. The van der Waals surface area contributed by atoms with Crippen molar-refractivity contribution in [3.05, 3.63) is 10.6 Å². The summed E-state index contributed by atoms with van der Waals surface area (Å²) >= 11 is 1.65. The van der Waals surface area contributed by atoms with Gasteiger partial charge in [-0.3, -0.25) is 4.90 Å². The molecule has 1 fully saturated rings. The van der Waals surface area contributed by atoms with Gasteiger partial charge in [0.1, 0.15) is 0 Å². The number of aliphatic hydroxyl groups excluding tert-OH is 1. The van der Waals surface area contributed by atoms with Crippen LogP contribution in [0.4, 0.5) is 5.13 Å². The van der Waals surface area contributed by atoms with Crippen molar-refractivity contribution in [1.29, 1.82) is 0 Å². The maximum Gasteiger partial charge on any atom is 0.185 e. The lowest BCUT2D eigenvalue weighted by Crippen LogP contribution is -2.55. The van der Waals surface area contributed by atoms with Gasteiger partial charge in [0.15, 0.2) is 5.13 Å². The molecule has 1 N–H and O–H groups in total. The highest BCUT2D eigenvalue weighted by Gasteiger charge is 2.28. The molecule has 4 nitrogen and oxygen atoms in total. The molecular formula is C14H25N3OS. The Labute approximate surface area is 120 Å². The summed E-state index contributed by atoms with van der Waals surface area (Å²) in [6.45, 7) is 10.9. The molecule has 1 aromatic heterocycles. The molecule has 0 bridgehead atoms. The first-order valence-electron chi connectivity index (χ1n) is 7.01. The van der Waals surface area contributed by atoms with E-state index in [0.717, 1.165) is 28.8 Å². The number of nitrogens with zero attached hydrogens (tertiary/aromatic N) is 3. The molecule has 2 unspecified atom stereocenters. The number of rotatable bonds is 3. The standard InChI is InChI=1S/C14H25N3OS/c1-9(2)13-12(8-18)19-14(15-13)17-6-10(3)16(5)11(4)7-17/h9-11,18H,6-8H2,1-5H3. The lowest BCUT2D eigenvalue weighted by atomic mass is 10.1. The summed E-state index contributed by atoms with van der Waals surface area (Å²) in [5.74, 6) is 0.370. The minimum Gasteiger partial charge on any atom is -0.391 e. The summed E-state index contributed by atoms with van der Waals surface area (Å²) in [5, 5.41) is 10.5. The van der Waals surface area contributed by atoms with Crippen LogP contribution in [0.25, 0.3) is 0 Å². The van der Waals surface area contributed by atoms with Gasteiger partial charge in [0.05, 0.1) is 17.2 Å². The van der Waals surface area contributed by atoms with Gasteiger partial charge in [0, 0.05) is 25.2 Å². The zero-order valence-corrected chi connectivity index (χ0v) is 13.4. The van der Waals surface area contributed by atoms with Crippen molar-refractivity contribution < 1.29 is 5.11 Å². The van der Waals surface area contributed by atoms with E-state index in [9.17, 15) is 5.11 Å². The third-order valence-corrected chi connectivity index (χ3v) is 5.15. The summed E-state index contributed by atoms with van der Waals surface area (Å²) in [6.07, 6.45) is 0. The molecule has 1 saturated heterocycles. The van der Waals surface area contributed by atoms with Crippen LogP contribution in [0.3, 0.4) is 0 Å². The third kappa shape index (κ3) is 2.93. The molecule has 2 rings (SSSR count). The Hall–Kier alpha value is -0.650. The minimum atomic E-state index is 0.101. The van der Waals surface area contributed by atoms with Crippen LogP contribution in [0.1, 0.15) is 44.2 Å². The Morgan fingerprint density at radius 1 is 1.32 bits per heavy atom. The van der Waals surface area contributed by atoms with Crippen molar-refractivity contribution in [2.24, 2.45) is 0 Å². The molecule has 0 aromatic carbocycles. The number of aliphatic hydroxyl groups is 1. The topological polar surface area (TPSA) is 39.6 Å². The van der Waals surface area contributed by atoms with Gasteiger partial charge in [-0.1, -0.05) is 25.2 Å². The molecule has 1 aromatic rings. The summed E-state index contributed by atoms with van der Waals surface area (Å²) in [6, 6.07) is 1.07. The molecular weight excluding hydrogens is 258 g/mol. The zero-order valence-electron chi connectivity index (χ0n) is 12.6. The largest absolute Gasteiger partial charge is 0.391 e. The van der Waals surface area contributed by atoms with E-state index in [0.29, 0.717) is 18.0 Å². The first-order valence-corrected chi connectivity index (χ1v) is 7.83. The molecule has 2 atom stereocenters. The lowest BCUT2D eigenvalue weighted by molar-refractivity contribution is 0.170. The van der Waals surface area contributed by atoms with Gasteiger partial charge in [-0.05, 0) is 26.8 Å². The van der Waals surface area contributed by atoms with Crippen LogP contribution in [0, 0.1) is 0 Å². The number of hydrogen-bond donors (Lipinski definition) is 1. The van der Waals surface area contributed by atoms with E-state index in [-0.39, 0.29) is 6.61 Å². The predicted octanol–water partition coefficient (Wildman–Crippen LogP) is 2.29. The fraction of sp³-hybridized carbons (Fsp3) is 0.786. The van der Waals surface area contributed by atoms with Gasteiger partial charge in [-0.15, -0.1) is 0 Å². The van der Waals surface area contributed by atoms with Crippen molar-refractivity contribution in [1.82, 2.24) is 9.88 Å². The van der Waals surface area contributed by atoms with E-state index >= 15 is 0 Å². The molecule has 0 radical (unpaired) electrons. The van der Waals surface area contributed by atoms with Gasteiger partial charge in [0.2, 0.25) is 0 Å². The zero-order chi connectivity index (χ0) is 14.2. The van der Waals surface area contributed by atoms with Gasteiger partial charge >= 0.3 is 0 Å². The van der Waals surface area contributed by atoms with Crippen molar-refractivity contribution in [3.63, 3.8) is 0 Å².